The molecule has 0 aromatic carbocycles. The van der Waals surface area contributed by atoms with Gasteiger partial charge in [0.15, 0.2) is 0 Å². The summed E-state index contributed by atoms with van der Waals surface area (Å²) in [5.41, 5.74) is 3.65. The van der Waals surface area contributed by atoms with E-state index < -0.39 is 0 Å². The van der Waals surface area contributed by atoms with Gasteiger partial charge in [-0.15, -0.1) is 0 Å². The van der Waals surface area contributed by atoms with Gasteiger partial charge in [0.25, 0.3) is 0 Å². The van der Waals surface area contributed by atoms with E-state index in [4.69, 9.17) is 11.6 Å². The molecule has 1 aromatic rings. The maximum Gasteiger partial charge on any atom is 0.0651 e. The lowest BCUT2D eigenvalue weighted by atomic mass is 10.0. The summed E-state index contributed by atoms with van der Waals surface area (Å²) in [4.78, 5) is 4.57. The van der Waals surface area contributed by atoms with Crippen molar-refractivity contribution in [3.63, 3.8) is 0 Å². The van der Waals surface area contributed by atoms with Crippen LogP contribution in [-0.2, 0) is 5.41 Å². The highest BCUT2D eigenvalue weighted by Gasteiger charge is 2.42. The molecule has 1 aliphatic rings. The van der Waals surface area contributed by atoms with Crippen LogP contribution in [0.3, 0.4) is 0 Å². The molecule has 13 heavy (non-hydrogen) atoms. The van der Waals surface area contributed by atoms with Crippen LogP contribution in [0.1, 0.15) is 36.7 Å². The minimum atomic E-state index is 0.273. The number of rotatable bonds is 1. The minimum absolute atomic E-state index is 0.273. The predicted octanol–water partition coefficient (Wildman–Crippen LogP) is 3.40. The Morgan fingerprint density at radius 2 is 2.00 bits per heavy atom. The number of nitrogens with zero attached hydrogens (tertiary/aromatic N) is 1. The second-order valence-electron chi connectivity index (χ2n) is 4.28. The van der Waals surface area contributed by atoms with Crippen molar-refractivity contribution < 1.29 is 0 Å². The highest BCUT2D eigenvalue weighted by Crippen LogP contribution is 2.49. The second kappa shape index (κ2) is 2.71. The lowest BCUT2D eigenvalue weighted by molar-refractivity contribution is 0.743. The number of halogens is 1. The average molecular weight is 196 g/mol. The van der Waals surface area contributed by atoms with E-state index in [2.05, 4.69) is 11.9 Å². The molecule has 0 N–H and O–H groups in total. The van der Waals surface area contributed by atoms with Crippen LogP contribution in [0.25, 0.3) is 0 Å². The lowest BCUT2D eigenvalue weighted by Crippen LogP contribution is -2.06. The molecule has 0 atom stereocenters. The first-order chi connectivity index (χ1) is 6.03. The predicted molar refractivity (Wildman–Crippen MR) is 55.3 cm³/mol. The fourth-order valence-corrected chi connectivity index (χ4v) is 1.95. The van der Waals surface area contributed by atoms with Gasteiger partial charge in [-0.2, -0.15) is 0 Å². The summed E-state index contributed by atoms with van der Waals surface area (Å²) in [6.45, 7) is 6.32. The van der Waals surface area contributed by atoms with Crippen molar-refractivity contribution in [2.75, 3.05) is 0 Å². The van der Waals surface area contributed by atoms with Crippen molar-refractivity contribution in [1.29, 1.82) is 0 Å². The molecule has 0 aliphatic heterocycles. The van der Waals surface area contributed by atoms with Crippen LogP contribution in [0, 0.1) is 13.8 Å². The standard InChI is InChI=1S/C11H14ClN/c1-7-6-9(12)10(13-8(7)2)11(3)4-5-11/h6H,4-5H2,1-3H3. The molecule has 0 bridgehead atoms. The molecule has 1 aliphatic carbocycles. The Hall–Kier alpha value is -0.560. The number of hydrogen-bond acceptors (Lipinski definition) is 1. The van der Waals surface area contributed by atoms with Crippen molar-refractivity contribution in [2.45, 2.75) is 39.0 Å². The van der Waals surface area contributed by atoms with Crippen LogP contribution < -0.4 is 0 Å². The summed E-state index contributed by atoms with van der Waals surface area (Å²) in [5, 5.41) is 0.836. The molecular weight excluding hydrogens is 182 g/mol. The van der Waals surface area contributed by atoms with Crippen LogP contribution in [-0.4, -0.2) is 4.98 Å². The summed E-state index contributed by atoms with van der Waals surface area (Å²) < 4.78 is 0. The Kier molecular flexibility index (Phi) is 1.88. The number of hydrogen-bond donors (Lipinski definition) is 0. The molecule has 1 nitrogen and oxygen atoms in total. The van der Waals surface area contributed by atoms with E-state index in [1.807, 2.05) is 19.9 Å². The first-order valence-corrected chi connectivity index (χ1v) is 5.05. The maximum atomic E-state index is 6.16. The first-order valence-electron chi connectivity index (χ1n) is 4.67. The monoisotopic (exact) mass is 195 g/mol. The molecule has 1 saturated carbocycles. The van der Waals surface area contributed by atoms with Crippen molar-refractivity contribution in [3.05, 3.63) is 28.0 Å². The van der Waals surface area contributed by atoms with Gasteiger partial charge < -0.3 is 0 Å². The maximum absolute atomic E-state index is 6.16. The van der Waals surface area contributed by atoms with Crippen LogP contribution in [0.5, 0.6) is 0 Å². The Bertz CT molecular complexity index is 353. The van der Waals surface area contributed by atoms with Crippen molar-refractivity contribution >= 4 is 11.6 Å². The van der Waals surface area contributed by atoms with Crippen molar-refractivity contribution in [1.82, 2.24) is 4.98 Å². The van der Waals surface area contributed by atoms with Gasteiger partial charge in [0, 0.05) is 11.1 Å². The number of aryl methyl sites for hydroxylation is 2. The van der Waals surface area contributed by atoms with Gasteiger partial charge in [0.2, 0.25) is 0 Å². The smallest absolute Gasteiger partial charge is 0.0651 e. The Balaban J connectivity index is 2.52. The van der Waals surface area contributed by atoms with Gasteiger partial charge in [0.1, 0.15) is 0 Å². The van der Waals surface area contributed by atoms with Gasteiger partial charge in [-0.25, -0.2) is 0 Å². The average Bonchev–Trinajstić information content (AvgIpc) is 2.77. The molecular formula is C11H14ClN. The summed E-state index contributed by atoms with van der Waals surface area (Å²) in [6, 6.07) is 2.03. The van der Waals surface area contributed by atoms with Crippen LogP contribution in [0.4, 0.5) is 0 Å². The normalized spacial score (nSPS) is 18.8. The molecule has 0 unspecified atom stereocenters. The lowest BCUT2D eigenvalue weighted by Gasteiger charge is -2.12. The summed E-state index contributed by atoms with van der Waals surface area (Å²) in [6.07, 6.45) is 2.45. The van der Waals surface area contributed by atoms with Gasteiger partial charge in [-0.05, 0) is 38.3 Å². The van der Waals surface area contributed by atoms with E-state index in [1.54, 1.807) is 0 Å². The third-order valence-corrected chi connectivity index (χ3v) is 3.28. The van der Waals surface area contributed by atoms with Gasteiger partial charge in [-0.1, -0.05) is 18.5 Å². The minimum Gasteiger partial charge on any atom is -0.256 e. The quantitative estimate of drug-likeness (QED) is 0.670. The third kappa shape index (κ3) is 1.46. The van der Waals surface area contributed by atoms with E-state index in [-0.39, 0.29) is 5.41 Å². The zero-order valence-corrected chi connectivity index (χ0v) is 9.07. The molecule has 2 heteroatoms. The molecule has 70 valence electrons. The zero-order chi connectivity index (χ0) is 9.64. The molecule has 2 rings (SSSR count). The topological polar surface area (TPSA) is 12.9 Å². The molecule has 0 saturated heterocycles. The van der Waals surface area contributed by atoms with Gasteiger partial charge in [0.05, 0.1) is 10.7 Å². The Morgan fingerprint density at radius 1 is 1.38 bits per heavy atom. The molecule has 0 amide bonds. The highest BCUT2D eigenvalue weighted by molar-refractivity contribution is 6.31. The molecule has 0 spiro atoms. The molecule has 1 aromatic heterocycles. The SMILES string of the molecule is Cc1cc(Cl)c(C2(C)CC2)nc1C. The first kappa shape index (κ1) is 9.01. The van der Waals surface area contributed by atoms with E-state index in [1.165, 1.54) is 18.4 Å². The zero-order valence-electron chi connectivity index (χ0n) is 8.32. The molecule has 1 fully saturated rings. The van der Waals surface area contributed by atoms with Crippen LogP contribution in [0.2, 0.25) is 5.02 Å². The third-order valence-electron chi connectivity index (χ3n) is 2.99. The van der Waals surface area contributed by atoms with Crippen molar-refractivity contribution in [3.8, 4) is 0 Å². The fraction of sp³-hybridized carbons (Fsp3) is 0.545. The van der Waals surface area contributed by atoms with E-state index in [0.29, 0.717) is 0 Å². The van der Waals surface area contributed by atoms with E-state index >= 15 is 0 Å². The Labute approximate surface area is 84.1 Å². The highest BCUT2D eigenvalue weighted by atomic mass is 35.5. The summed E-state index contributed by atoms with van der Waals surface area (Å²) in [7, 11) is 0. The van der Waals surface area contributed by atoms with Crippen molar-refractivity contribution in [2.24, 2.45) is 0 Å². The van der Waals surface area contributed by atoms with Gasteiger partial charge >= 0.3 is 0 Å². The van der Waals surface area contributed by atoms with Crippen LogP contribution in [0.15, 0.2) is 6.07 Å². The van der Waals surface area contributed by atoms with Gasteiger partial charge in [-0.3, -0.25) is 4.98 Å². The second-order valence-corrected chi connectivity index (χ2v) is 4.69. The van der Waals surface area contributed by atoms with E-state index in [9.17, 15) is 0 Å². The molecule has 0 radical (unpaired) electrons. The Morgan fingerprint density at radius 3 is 2.54 bits per heavy atom. The number of pyridine rings is 1. The summed E-state index contributed by atoms with van der Waals surface area (Å²) in [5.74, 6) is 0. The largest absolute Gasteiger partial charge is 0.256 e. The fourth-order valence-electron chi connectivity index (χ4n) is 1.52. The van der Waals surface area contributed by atoms with E-state index in [0.717, 1.165) is 16.4 Å². The van der Waals surface area contributed by atoms with Crippen LogP contribution >= 0.6 is 11.6 Å². The molecule has 1 heterocycles. The summed E-state index contributed by atoms with van der Waals surface area (Å²) >= 11 is 6.16. The number of aromatic nitrogens is 1.